The van der Waals surface area contributed by atoms with Crippen LogP contribution >= 0.6 is 23.2 Å². The van der Waals surface area contributed by atoms with Gasteiger partial charge in [-0.15, -0.1) is 0 Å². The molecule has 0 radical (unpaired) electrons. The van der Waals surface area contributed by atoms with Crippen LogP contribution in [-0.4, -0.2) is 27.8 Å². The van der Waals surface area contributed by atoms with Crippen molar-refractivity contribution in [1.29, 1.82) is 0 Å². The molecule has 4 rings (SSSR count). The van der Waals surface area contributed by atoms with Crippen LogP contribution in [0, 0.1) is 0 Å². The Morgan fingerprint density at radius 3 is 2.79 bits per heavy atom. The van der Waals surface area contributed by atoms with Gasteiger partial charge in [-0.2, -0.15) is 0 Å². The zero-order valence-corrected chi connectivity index (χ0v) is 16.3. The van der Waals surface area contributed by atoms with Crippen molar-refractivity contribution in [3.63, 3.8) is 0 Å². The van der Waals surface area contributed by atoms with Crippen molar-refractivity contribution >= 4 is 40.9 Å². The van der Waals surface area contributed by atoms with Crippen molar-refractivity contribution in [3.05, 3.63) is 76.4 Å². The molecule has 1 N–H and O–H groups in total. The van der Waals surface area contributed by atoms with Crippen LogP contribution in [-0.2, 0) is 0 Å². The van der Waals surface area contributed by atoms with Crippen molar-refractivity contribution in [2.75, 3.05) is 7.11 Å². The smallest absolute Gasteiger partial charge is 0.165 e. The molecule has 0 aliphatic rings. The summed E-state index contributed by atoms with van der Waals surface area (Å²) in [6.45, 7) is 0. The van der Waals surface area contributed by atoms with Crippen LogP contribution in [0.5, 0.6) is 11.5 Å². The number of phenols is 1. The molecule has 7 heteroatoms. The van der Waals surface area contributed by atoms with E-state index in [0.717, 1.165) is 11.2 Å². The second-order valence-corrected chi connectivity index (χ2v) is 6.79. The van der Waals surface area contributed by atoms with E-state index in [4.69, 9.17) is 32.9 Å². The topological polar surface area (TPSA) is 59.1 Å². The first-order chi connectivity index (χ1) is 13.6. The zero-order chi connectivity index (χ0) is 19.7. The molecule has 0 atom stereocenters. The number of aliphatic imine (C=N–C) groups is 1. The first-order valence-corrected chi connectivity index (χ1v) is 9.16. The number of hydrogen-bond donors (Lipinski definition) is 1. The fourth-order valence-electron chi connectivity index (χ4n) is 2.88. The standard InChI is InChI=1S/C21H15Cl2N3O2/c1-28-17-11-13(8-9-16(17)27)20-21(26-10-3-2-7-18(26)25-20)24-12-14-5-4-6-15(22)19(14)23/h2-12,27H,1H3/b24-12+. The molecule has 0 saturated heterocycles. The molecule has 0 spiro atoms. The summed E-state index contributed by atoms with van der Waals surface area (Å²) in [6, 6.07) is 16.1. The van der Waals surface area contributed by atoms with E-state index in [1.807, 2.05) is 40.9 Å². The molecule has 0 fully saturated rings. The Hall–Kier alpha value is -3.02. The van der Waals surface area contributed by atoms with Gasteiger partial charge in [0, 0.05) is 23.5 Å². The molecule has 0 unspecified atom stereocenters. The summed E-state index contributed by atoms with van der Waals surface area (Å²) >= 11 is 12.4. The minimum atomic E-state index is 0.0609. The number of pyridine rings is 1. The lowest BCUT2D eigenvalue weighted by Crippen LogP contribution is -1.88. The molecular formula is C21H15Cl2N3O2. The minimum absolute atomic E-state index is 0.0609. The van der Waals surface area contributed by atoms with E-state index in [1.165, 1.54) is 7.11 Å². The van der Waals surface area contributed by atoms with Gasteiger partial charge in [0.05, 0.1) is 17.2 Å². The van der Waals surface area contributed by atoms with Crippen molar-refractivity contribution in [2.45, 2.75) is 0 Å². The number of fused-ring (bicyclic) bond motifs is 1. The number of aromatic hydroxyl groups is 1. The molecule has 2 aromatic carbocycles. The Morgan fingerprint density at radius 2 is 1.96 bits per heavy atom. The predicted octanol–water partition coefficient (Wildman–Crippen LogP) is 5.77. The molecule has 0 amide bonds. The summed E-state index contributed by atoms with van der Waals surface area (Å²) in [5, 5.41) is 10.8. The molecule has 2 heterocycles. The average molecular weight is 412 g/mol. The van der Waals surface area contributed by atoms with Gasteiger partial charge in [0.2, 0.25) is 0 Å². The zero-order valence-electron chi connectivity index (χ0n) is 14.8. The maximum Gasteiger partial charge on any atom is 0.165 e. The van der Waals surface area contributed by atoms with E-state index in [9.17, 15) is 5.11 Å². The van der Waals surface area contributed by atoms with Crippen molar-refractivity contribution in [3.8, 4) is 22.8 Å². The van der Waals surface area contributed by atoms with Crippen LogP contribution in [0.15, 0.2) is 65.8 Å². The third-order valence-corrected chi connectivity index (χ3v) is 5.10. The lowest BCUT2D eigenvalue weighted by atomic mass is 10.1. The molecule has 5 nitrogen and oxygen atoms in total. The van der Waals surface area contributed by atoms with Crippen molar-refractivity contribution < 1.29 is 9.84 Å². The SMILES string of the molecule is COc1cc(-c2nc3ccccn3c2/N=C/c2cccc(Cl)c2Cl)ccc1O. The Bertz CT molecular complexity index is 1200. The lowest BCUT2D eigenvalue weighted by Gasteiger charge is -2.06. The molecule has 28 heavy (non-hydrogen) atoms. The third-order valence-electron chi connectivity index (χ3n) is 4.27. The molecule has 0 aliphatic carbocycles. The van der Waals surface area contributed by atoms with Gasteiger partial charge in [0.25, 0.3) is 0 Å². The molecule has 0 saturated carbocycles. The van der Waals surface area contributed by atoms with E-state index in [0.29, 0.717) is 32.9 Å². The second kappa shape index (κ2) is 7.54. The third kappa shape index (κ3) is 3.30. The summed E-state index contributed by atoms with van der Waals surface area (Å²) in [4.78, 5) is 9.34. The number of rotatable bonds is 4. The number of aromatic nitrogens is 2. The van der Waals surface area contributed by atoms with Gasteiger partial charge in [0.1, 0.15) is 11.3 Å². The highest BCUT2D eigenvalue weighted by Crippen LogP contribution is 2.36. The fourth-order valence-corrected chi connectivity index (χ4v) is 3.23. The van der Waals surface area contributed by atoms with Crippen LogP contribution in [0.2, 0.25) is 10.0 Å². The van der Waals surface area contributed by atoms with E-state index in [-0.39, 0.29) is 5.75 Å². The Morgan fingerprint density at radius 1 is 1.11 bits per heavy atom. The van der Waals surface area contributed by atoms with Gasteiger partial charge in [0.15, 0.2) is 17.3 Å². The molecule has 0 aliphatic heterocycles. The number of ether oxygens (including phenoxy) is 1. The van der Waals surface area contributed by atoms with Crippen LogP contribution in [0.1, 0.15) is 5.56 Å². The highest BCUT2D eigenvalue weighted by Gasteiger charge is 2.15. The molecular weight excluding hydrogens is 397 g/mol. The lowest BCUT2D eigenvalue weighted by molar-refractivity contribution is 0.373. The normalized spacial score (nSPS) is 11.4. The number of phenolic OH excluding ortho intramolecular Hbond substituents is 1. The summed E-state index contributed by atoms with van der Waals surface area (Å²) < 4.78 is 7.10. The number of nitrogens with zero attached hydrogens (tertiary/aromatic N) is 3. The summed E-state index contributed by atoms with van der Waals surface area (Å²) in [5.41, 5.74) is 2.87. The Balaban J connectivity index is 1.89. The number of hydrogen-bond acceptors (Lipinski definition) is 4. The Kier molecular flexibility index (Phi) is 4.94. The van der Waals surface area contributed by atoms with Gasteiger partial charge >= 0.3 is 0 Å². The number of halogens is 2. The maximum atomic E-state index is 9.89. The summed E-state index contributed by atoms with van der Waals surface area (Å²) in [7, 11) is 1.50. The van der Waals surface area contributed by atoms with Gasteiger partial charge in [-0.1, -0.05) is 41.4 Å². The van der Waals surface area contributed by atoms with Crippen LogP contribution in [0.3, 0.4) is 0 Å². The van der Waals surface area contributed by atoms with Crippen molar-refractivity contribution in [1.82, 2.24) is 9.38 Å². The van der Waals surface area contributed by atoms with E-state index in [1.54, 1.807) is 30.5 Å². The minimum Gasteiger partial charge on any atom is -0.504 e. The average Bonchev–Trinajstić information content (AvgIpc) is 3.08. The maximum absolute atomic E-state index is 9.89. The van der Waals surface area contributed by atoms with Crippen LogP contribution in [0.4, 0.5) is 5.82 Å². The van der Waals surface area contributed by atoms with Crippen molar-refractivity contribution in [2.24, 2.45) is 4.99 Å². The molecule has 4 aromatic rings. The number of methoxy groups -OCH3 is 1. The van der Waals surface area contributed by atoms with E-state index >= 15 is 0 Å². The van der Waals surface area contributed by atoms with Gasteiger partial charge in [-0.25, -0.2) is 9.98 Å². The quantitative estimate of drug-likeness (QED) is 0.433. The van der Waals surface area contributed by atoms with Crippen LogP contribution < -0.4 is 4.74 Å². The Labute approximate surface area is 171 Å². The van der Waals surface area contributed by atoms with E-state index in [2.05, 4.69) is 4.99 Å². The molecule has 0 bridgehead atoms. The number of imidazole rings is 1. The van der Waals surface area contributed by atoms with Gasteiger partial charge in [-0.05, 0) is 36.4 Å². The summed E-state index contributed by atoms with van der Waals surface area (Å²) in [6.07, 6.45) is 3.54. The fraction of sp³-hybridized carbons (Fsp3) is 0.0476. The number of benzene rings is 2. The largest absolute Gasteiger partial charge is 0.504 e. The van der Waals surface area contributed by atoms with Gasteiger partial charge < -0.3 is 9.84 Å². The second-order valence-electron chi connectivity index (χ2n) is 6.00. The highest BCUT2D eigenvalue weighted by atomic mass is 35.5. The first kappa shape index (κ1) is 18.3. The molecule has 140 valence electrons. The molecule has 2 aromatic heterocycles. The van der Waals surface area contributed by atoms with E-state index < -0.39 is 0 Å². The van der Waals surface area contributed by atoms with Crippen LogP contribution in [0.25, 0.3) is 16.9 Å². The predicted molar refractivity (Wildman–Crippen MR) is 113 cm³/mol. The monoisotopic (exact) mass is 411 g/mol. The van der Waals surface area contributed by atoms with Gasteiger partial charge in [-0.3, -0.25) is 4.40 Å². The highest BCUT2D eigenvalue weighted by molar-refractivity contribution is 6.43. The summed E-state index contributed by atoms with van der Waals surface area (Å²) in [5.74, 6) is 1.05. The first-order valence-electron chi connectivity index (χ1n) is 8.41.